The molecule has 1 unspecified atom stereocenters. The van der Waals surface area contributed by atoms with Crippen LogP contribution in [0.5, 0.6) is 0 Å². The van der Waals surface area contributed by atoms with Crippen LogP contribution >= 0.6 is 34.7 Å². The van der Waals surface area contributed by atoms with Crippen LogP contribution in [0.25, 0.3) is 43.7 Å². The van der Waals surface area contributed by atoms with Crippen molar-refractivity contribution < 1.29 is 0 Å². The van der Waals surface area contributed by atoms with Crippen LogP contribution in [-0.4, -0.2) is 29.1 Å². The van der Waals surface area contributed by atoms with Gasteiger partial charge < -0.3 is 4.98 Å². The summed E-state index contributed by atoms with van der Waals surface area (Å²) in [5.74, 6) is 1.71. The summed E-state index contributed by atoms with van der Waals surface area (Å²) in [6, 6.07) is 22.9. The van der Waals surface area contributed by atoms with Gasteiger partial charge in [0, 0.05) is 21.5 Å². The highest BCUT2D eigenvalue weighted by Gasteiger charge is 2.20. The van der Waals surface area contributed by atoms with Crippen molar-refractivity contribution in [1.82, 2.24) is 29.1 Å². The van der Waals surface area contributed by atoms with E-state index < -0.39 is 0 Å². The third-order valence-corrected chi connectivity index (χ3v) is 9.86. The number of aromatic amines is 1. The summed E-state index contributed by atoms with van der Waals surface area (Å²) in [4.78, 5) is 35.3. The van der Waals surface area contributed by atoms with Crippen molar-refractivity contribution in [2.45, 2.75) is 37.1 Å². The van der Waals surface area contributed by atoms with Crippen LogP contribution in [0.15, 0.2) is 92.9 Å². The number of nitrogens with zero attached hydrogens (tertiary/aromatic N) is 5. The molecule has 0 saturated carbocycles. The normalized spacial score (nSPS) is 12.4. The predicted octanol–water partition coefficient (Wildman–Crippen LogP) is 7.46. The Morgan fingerprint density at radius 2 is 1.74 bits per heavy atom. The Bertz CT molecular complexity index is 2270. The minimum absolute atomic E-state index is 0.160. The molecule has 0 saturated heterocycles. The number of fused-ring (bicyclic) bond motifs is 4. The van der Waals surface area contributed by atoms with Gasteiger partial charge in [-0.05, 0) is 48.2 Å². The SMILES string of the molecule is CCC(C)c1ccc(-n2c(=O)c3ccccc3n3c(SCc4nc5scc(-c6ccccc6Cl)c5c(=O)[nH]4)nnc23)cc1. The molecule has 43 heavy (non-hydrogen) atoms. The first-order valence-corrected chi connectivity index (χ1v) is 16.1. The van der Waals surface area contributed by atoms with Gasteiger partial charge in [0.1, 0.15) is 10.7 Å². The summed E-state index contributed by atoms with van der Waals surface area (Å²) in [5.41, 5.74) is 3.84. The second-order valence-corrected chi connectivity index (χ2v) is 12.5. The summed E-state index contributed by atoms with van der Waals surface area (Å²) in [6.45, 7) is 4.35. The molecule has 11 heteroatoms. The van der Waals surface area contributed by atoms with Crippen molar-refractivity contribution in [3.63, 3.8) is 0 Å². The number of nitrogens with one attached hydrogen (secondary N) is 1. The van der Waals surface area contributed by atoms with Gasteiger partial charge in [-0.15, -0.1) is 21.5 Å². The molecule has 7 rings (SSSR count). The van der Waals surface area contributed by atoms with E-state index in [2.05, 4.69) is 41.2 Å². The fourth-order valence-corrected chi connectivity index (χ4v) is 7.27. The van der Waals surface area contributed by atoms with E-state index in [0.717, 1.165) is 23.2 Å². The zero-order valence-corrected chi connectivity index (χ0v) is 25.6. The molecule has 0 radical (unpaired) electrons. The largest absolute Gasteiger partial charge is 0.309 e. The first-order chi connectivity index (χ1) is 20.9. The molecule has 8 nitrogen and oxygen atoms in total. The average molecular weight is 625 g/mol. The van der Waals surface area contributed by atoms with Crippen LogP contribution in [0, 0.1) is 0 Å². The molecule has 4 heterocycles. The van der Waals surface area contributed by atoms with E-state index in [1.165, 1.54) is 28.7 Å². The van der Waals surface area contributed by atoms with Gasteiger partial charge in [-0.2, -0.15) is 0 Å². The molecule has 0 fully saturated rings. The highest BCUT2D eigenvalue weighted by Crippen LogP contribution is 2.35. The minimum Gasteiger partial charge on any atom is -0.309 e. The minimum atomic E-state index is -0.219. The number of aromatic nitrogens is 6. The first-order valence-electron chi connectivity index (χ1n) is 13.8. The Kier molecular flexibility index (Phi) is 7.12. The topological polar surface area (TPSA) is 97.9 Å². The fraction of sp³-hybridized carbons (Fsp3) is 0.156. The Morgan fingerprint density at radius 1 is 0.977 bits per heavy atom. The van der Waals surface area contributed by atoms with Gasteiger partial charge in [-0.1, -0.05) is 79.7 Å². The zero-order valence-electron chi connectivity index (χ0n) is 23.2. The summed E-state index contributed by atoms with van der Waals surface area (Å²) < 4.78 is 3.50. The number of H-pyrrole nitrogens is 1. The monoisotopic (exact) mass is 624 g/mol. The molecule has 1 atom stereocenters. The van der Waals surface area contributed by atoms with Crippen LogP contribution in [0.1, 0.15) is 37.6 Å². The average Bonchev–Trinajstić information content (AvgIpc) is 3.65. The highest BCUT2D eigenvalue weighted by atomic mass is 35.5. The second kappa shape index (κ2) is 11.1. The van der Waals surface area contributed by atoms with E-state index in [-0.39, 0.29) is 11.1 Å². The van der Waals surface area contributed by atoms with Crippen molar-refractivity contribution in [2.24, 2.45) is 0 Å². The molecule has 3 aromatic carbocycles. The predicted molar refractivity (Wildman–Crippen MR) is 175 cm³/mol. The molecule has 4 aromatic heterocycles. The lowest BCUT2D eigenvalue weighted by atomic mass is 9.98. The molecular weight excluding hydrogens is 600 g/mol. The van der Waals surface area contributed by atoms with Gasteiger partial charge in [0.05, 0.1) is 27.7 Å². The maximum Gasteiger partial charge on any atom is 0.267 e. The van der Waals surface area contributed by atoms with E-state index in [9.17, 15) is 9.59 Å². The molecule has 214 valence electrons. The molecule has 7 aromatic rings. The summed E-state index contributed by atoms with van der Waals surface area (Å²) in [6.07, 6.45) is 1.03. The third kappa shape index (κ3) is 4.75. The van der Waals surface area contributed by atoms with E-state index in [0.29, 0.717) is 54.6 Å². The van der Waals surface area contributed by atoms with Crippen molar-refractivity contribution >= 4 is 61.6 Å². The van der Waals surface area contributed by atoms with E-state index in [1.54, 1.807) is 10.6 Å². The van der Waals surface area contributed by atoms with Crippen LogP contribution in [0.2, 0.25) is 5.02 Å². The molecule has 0 amide bonds. The van der Waals surface area contributed by atoms with Gasteiger partial charge in [0.25, 0.3) is 11.1 Å². The number of thiophene rings is 1. The van der Waals surface area contributed by atoms with Crippen molar-refractivity contribution in [3.05, 3.63) is 115 Å². The second-order valence-electron chi connectivity index (χ2n) is 10.3. The maximum absolute atomic E-state index is 13.7. The fourth-order valence-electron chi connectivity index (χ4n) is 5.27. The maximum atomic E-state index is 13.7. The first kappa shape index (κ1) is 27.6. The van der Waals surface area contributed by atoms with E-state index in [1.807, 2.05) is 64.4 Å². The number of para-hydroxylation sites is 1. The van der Waals surface area contributed by atoms with Crippen LogP contribution in [0.3, 0.4) is 0 Å². The van der Waals surface area contributed by atoms with Crippen LogP contribution < -0.4 is 11.1 Å². The zero-order chi connectivity index (χ0) is 29.7. The van der Waals surface area contributed by atoms with Gasteiger partial charge in [0.2, 0.25) is 5.78 Å². The molecule has 0 aliphatic rings. The van der Waals surface area contributed by atoms with Crippen molar-refractivity contribution in [3.8, 4) is 16.8 Å². The third-order valence-electron chi connectivity index (χ3n) is 7.72. The molecular formula is C32H25ClN6O2S2. The van der Waals surface area contributed by atoms with Gasteiger partial charge >= 0.3 is 0 Å². The van der Waals surface area contributed by atoms with E-state index in [4.69, 9.17) is 16.6 Å². The Balaban J connectivity index is 1.28. The number of halogens is 1. The Hall–Kier alpha value is -4.25. The lowest BCUT2D eigenvalue weighted by Crippen LogP contribution is -2.21. The van der Waals surface area contributed by atoms with Crippen LogP contribution in [-0.2, 0) is 5.75 Å². The molecule has 1 N–H and O–H groups in total. The van der Waals surface area contributed by atoms with Crippen LogP contribution in [0.4, 0.5) is 0 Å². The van der Waals surface area contributed by atoms with Gasteiger partial charge in [-0.25, -0.2) is 9.55 Å². The highest BCUT2D eigenvalue weighted by molar-refractivity contribution is 7.98. The Morgan fingerprint density at radius 3 is 2.53 bits per heavy atom. The molecule has 0 spiro atoms. The molecule has 0 aliphatic carbocycles. The standard InChI is InChI=1S/C32H25ClN6O2S2/c1-3-18(2)19-12-14-20(15-13-19)38-30(41)22-9-5-7-11-25(22)39-31(38)36-37-32(39)43-17-26-34-28(40)27-23(16-42-29(27)35-26)21-8-4-6-10-24(21)33/h4-16,18H,3,17H2,1-2H3,(H,34,35,40). The number of thioether (sulfide) groups is 1. The number of hydrogen-bond acceptors (Lipinski definition) is 7. The number of hydrogen-bond donors (Lipinski definition) is 1. The number of rotatable bonds is 7. The Labute approximate surface area is 259 Å². The molecule has 0 aliphatic heterocycles. The van der Waals surface area contributed by atoms with Gasteiger partial charge in [-0.3, -0.25) is 14.0 Å². The van der Waals surface area contributed by atoms with Gasteiger partial charge in [0.15, 0.2) is 5.16 Å². The number of benzene rings is 3. The quantitative estimate of drug-likeness (QED) is 0.185. The summed E-state index contributed by atoms with van der Waals surface area (Å²) in [7, 11) is 0. The summed E-state index contributed by atoms with van der Waals surface area (Å²) in [5, 5.41) is 13.1. The smallest absolute Gasteiger partial charge is 0.267 e. The molecule has 0 bridgehead atoms. The lowest BCUT2D eigenvalue weighted by molar-refractivity contribution is 0.733. The summed E-state index contributed by atoms with van der Waals surface area (Å²) >= 11 is 9.21. The van der Waals surface area contributed by atoms with Crippen molar-refractivity contribution in [2.75, 3.05) is 0 Å². The lowest BCUT2D eigenvalue weighted by Gasteiger charge is -2.13. The van der Waals surface area contributed by atoms with Crippen molar-refractivity contribution in [1.29, 1.82) is 0 Å². The van der Waals surface area contributed by atoms with E-state index >= 15 is 0 Å².